The van der Waals surface area contributed by atoms with Gasteiger partial charge in [0.05, 0.1) is 5.60 Å². The average molecular weight is 366 g/mol. The van der Waals surface area contributed by atoms with Gasteiger partial charge in [-0.1, -0.05) is 44.3 Å². The number of aromatic hydroxyl groups is 2. The first-order valence-electron chi connectivity index (χ1n) is 12.2. The molecule has 0 radical (unpaired) electrons. The Labute approximate surface area is 165 Å². The highest BCUT2D eigenvalue weighted by atomic mass is 16.3. The van der Waals surface area contributed by atoms with Gasteiger partial charge in [0.15, 0.2) is 0 Å². The van der Waals surface area contributed by atoms with E-state index in [1.54, 1.807) is 13.8 Å². The molecule has 0 amide bonds. The molecule has 1 aliphatic rings. The van der Waals surface area contributed by atoms with Crippen LogP contribution in [0.1, 0.15) is 96.5 Å². The van der Waals surface area contributed by atoms with Crippen LogP contribution in [0.4, 0.5) is 0 Å². The van der Waals surface area contributed by atoms with Crippen molar-refractivity contribution in [3.63, 3.8) is 0 Å². The van der Waals surface area contributed by atoms with Crippen molar-refractivity contribution in [1.29, 1.82) is 0 Å². The van der Waals surface area contributed by atoms with Crippen molar-refractivity contribution in [2.45, 2.75) is 90.5 Å². The fourth-order valence-electron chi connectivity index (χ4n) is 3.84. The second kappa shape index (κ2) is 8.94. The smallest absolute Gasteiger partial charge is 0.123 e. The molecule has 1 aliphatic carbocycles. The monoisotopic (exact) mass is 365 g/mol. The summed E-state index contributed by atoms with van der Waals surface area (Å²) < 4.78 is 40.0. The predicted octanol–water partition coefficient (Wildman–Crippen LogP) is 5.82. The van der Waals surface area contributed by atoms with Crippen LogP contribution in [-0.2, 0) is 6.37 Å². The van der Waals surface area contributed by atoms with E-state index in [0.717, 1.165) is 19.3 Å². The second-order valence-electron chi connectivity index (χ2n) is 7.93. The molecule has 0 aliphatic heterocycles. The summed E-state index contributed by atoms with van der Waals surface area (Å²) in [7, 11) is 0. The molecule has 3 heteroatoms. The molecular weight excluding hydrogens is 324 g/mol. The summed E-state index contributed by atoms with van der Waals surface area (Å²) in [6.45, 7) is 3.07. The lowest BCUT2D eigenvalue weighted by Crippen LogP contribution is -2.36. The molecule has 0 spiro atoms. The lowest BCUT2D eigenvalue weighted by Gasteiger charge is -2.38. The van der Waals surface area contributed by atoms with Gasteiger partial charge in [-0.05, 0) is 69.9 Å². The SMILES string of the molecule is [2H]C([2H])([2H])C1=CC(c2c(O)cc(C([2H])([2H])CCCCCC)cc2O)C(C(C)(C)O)CC1. The van der Waals surface area contributed by atoms with E-state index in [-0.39, 0.29) is 34.6 Å². The minimum absolute atomic E-state index is 0.138. The molecular formula is C23H36O3. The fraction of sp³-hybridized carbons (Fsp3) is 0.652. The Morgan fingerprint density at radius 1 is 1.15 bits per heavy atom. The topological polar surface area (TPSA) is 60.7 Å². The number of allylic oxidation sites excluding steroid dienone is 2. The third kappa shape index (κ3) is 5.26. The minimum Gasteiger partial charge on any atom is -0.507 e. The standard InChI is InChI=1S/C23H36O3/c1-5-6-7-8-9-10-17-14-20(24)22(21(25)15-17)18-13-16(2)11-12-19(18)23(3,4)26/h13-15,18-19,24-26H,5-12H2,1-4H3/i2D3,10D2. The summed E-state index contributed by atoms with van der Waals surface area (Å²) >= 11 is 0. The van der Waals surface area contributed by atoms with Gasteiger partial charge in [0.2, 0.25) is 0 Å². The van der Waals surface area contributed by atoms with Gasteiger partial charge in [-0.3, -0.25) is 0 Å². The summed E-state index contributed by atoms with van der Waals surface area (Å²) in [5, 5.41) is 32.3. The maximum absolute atomic E-state index is 10.8. The van der Waals surface area contributed by atoms with Crippen LogP contribution in [0.5, 0.6) is 11.5 Å². The molecule has 2 unspecified atom stereocenters. The molecule has 1 aromatic carbocycles. The van der Waals surface area contributed by atoms with Gasteiger partial charge in [0, 0.05) is 18.3 Å². The van der Waals surface area contributed by atoms with Crippen molar-refractivity contribution < 1.29 is 22.2 Å². The number of hydrogen-bond donors (Lipinski definition) is 3. The van der Waals surface area contributed by atoms with E-state index in [1.807, 2.05) is 0 Å². The quantitative estimate of drug-likeness (QED) is 0.402. The number of benzene rings is 1. The van der Waals surface area contributed by atoms with Crippen molar-refractivity contribution in [2.24, 2.45) is 5.92 Å². The highest BCUT2D eigenvalue weighted by Gasteiger charge is 2.38. The van der Waals surface area contributed by atoms with E-state index in [0.29, 0.717) is 19.3 Å². The summed E-state index contributed by atoms with van der Waals surface area (Å²) in [6, 6.07) is 2.65. The van der Waals surface area contributed by atoms with Gasteiger partial charge in [0.25, 0.3) is 0 Å². The highest BCUT2D eigenvalue weighted by molar-refractivity contribution is 5.51. The lowest BCUT2D eigenvalue weighted by atomic mass is 9.69. The van der Waals surface area contributed by atoms with Gasteiger partial charge in [-0.25, -0.2) is 0 Å². The minimum atomic E-state index is -2.29. The van der Waals surface area contributed by atoms with E-state index in [9.17, 15) is 15.3 Å². The molecule has 0 saturated heterocycles. The number of aliphatic hydroxyl groups is 1. The van der Waals surface area contributed by atoms with Gasteiger partial charge in [0.1, 0.15) is 11.5 Å². The zero-order valence-electron chi connectivity index (χ0n) is 21.2. The Kier molecular flexibility index (Phi) is 5.01. The summed E-state index contributed by atoms with van der Waals surface area (Å²) in [5.74, 6) is -1.68. The number of aryl methyl sites for hydroxylation is 1. The largest absolute Gasteiger partial charge is 0.507 e. The second-order valence-corrected chi connectivity index (χ2v) is 7.93. The lowest BCUT2D eigenvalue weighted by molar-refractivity contribution is 0.00421. The molecule has 3 nitrogen and oxygen atoms in total. The van der Waals surface area contributed by atoms with Crippen molar-refractivity contribution >= 4 is 0 Å². The maximum atomic E-state index is 10.8. The van der Waals surface area contributed by atoms with Crippen molar-refractivity contribution in [3.8, 4) is 11.5 Å². The molecule has 146 valence electrons. The van der Waals surface area contributed by atoms with Crippen LogP contribution in [0.25, 0.3) is 0 Å². The van der Waals surface area contributed by atoms with Crippen molar-refractivity contribution in [3.05, 3.63) is 34.9 Å². The van der Waals surface area contributed by atoms with Crippen LogP contribution in [0, 0.1) is 5.92 Å². The van der Waals surface area contributed by atoms with Gasteiger partial charge in [-0.15, -0.1) is 0 Å². The van der Waals surface area contributed by atoms with Crippen LogP contribution in [-0.4, -0.2) is 20.9 Å². The molecule has 2 rings (SSSR count). The van der Waals surface area contributed by atoms with Crippen LogP contribution in [0.2, 0.25) is 0 Å². The Morgan fingerprint density at radius 3 is 2.38 bits per heavy atom. The van der Waals surface area contributed by atoms with E-state index < -0.39 is 30.7 Å². The predicted molar refractivity (Wildman–Crippen MR) is 108 cm³/mol. The molecule has 0 fully saturated rings. The first kappa shape index (κ1) is 14.6. The molecule has 2 atom stereocenters. The molecule has 0 heterocycles. The fourth-order valence-corrected chi connectivity index (χ4v) is 3.84. The molecule has 0 aromatic heterocycles. The zero-order valence-corrected chi connectivity index (χ0v) is 16.2. The number of hydrogen-bond acceptors (Lipinski definition) is 3. The first-order chi connectivity index (χ1) is 14.2. The van der Waals surface area contributed by atoms with Gasteiger partial charge in [-0.2, -0.15) is 0 Å². The summed E-state index contributed by atoms with van der Waals surface area (Å²) in [5.41, 5.74) is -0.586. The first-order valence-corrected chi connectivity index (χ1v) is 9.68. The number of rotatable bonds is 8. The normalized spacial score (nSPS) is 24.8. The van der Waals surface area contributed by atoms with E-state index in [2.05, 4.69) is 6.92 Å². The molecule has 3 N–H and O–H groups in total. The number of unbranched alkanes of at least 4 members (excludes halogenated alkanes) is 3. The van der Waals surface area contributed by atoms with Crippen molar-refractivity contribution in [1.82, 2.24) is 0 Å². The van der Waals surface area contributed by atoms with Crippen LogP contribution < -0.4 is 0 Å². The van der Waals surface area contributed by atoms with E-state index in [4.69, 9.17) is 6.85 Å². The molecule has 0 bridgehead atoms. The molecule has 26 heavy (non-hydrogen) atoms. The number of phenolic OH excluding ortho intramolecular Hbond substituents is 2. The molecule has 1 aromatic rings. The highest BCUT2D eigenvalue weighted by Crippen LogP contribution is 2.47. The van der Waals surface area contributed by atoms with E-state index >= 15 is 0 Å². The zero-order chi connectivity index (χ0) is 23.6. The van der Waals surface area contributed by atoms with Crippen LogP contribution in [0.3, 0.4) is 0 Å². The average Bonchev–Trinajstić information content (AvgIpc) is 2.63. The summed E-state index contributed by atoms with van der Waals surface area (Å²) in [4.78, 5) is 0. The van der Waals surface area contributed by atoms with Gasteiger partial charge < -0.3 is 15.3 Å². The number of phenols is 2. The summed E-state index contributed by atoms with van der Waals surface area (Å²) in [6.07, 6.45) is 4.53. The third-order valence-corrected chi connectivity index (χ3v) is 5.28. The van der Waals surface area contributed by atoms with Crippen LogP contribution in [0.15, 0.2) is 23.8 Å². The Morgan fingerprint density at radius 2 is 1.81 bits per heavy atom. The third-order valence-electron chi connectivity index (χ3n) is 5.28. The van der Waals surface area contributed by atoms with Gasteiger partial charge >= 0.3 is 0 Å². The Hall–Kier alpha value is -1.48. The Bertz CT molecular complexity index is 770. The van der Waals surface area contributed by atoms with Crippen molar-refractivity contribution in [2.75, 3.05) is 0 Å². The van der Waals surface area contributed by atoms with Crippen LogP contribution >= 0.6 is 0 Å². The Balaban J connectivity index is 2.46. The maximum Gasteiger partial charge on any atom is 0.123 e. The van der Waals surface area contributed by atoms with E-state index in [1.165, 1.54) is 18.2 Å². The molecule has 0 saturated carbocycles.